The Bertz CT molecular complexity index is 1070. The van der Waals surface area contributed by atoms with Crippen molar-refractivity contribution in [3.8, 4) is 0 Å². The molecule has 2 N–H and O–H groups in total. The highest BCUT2D eigenvalue weighted by molar-refractivity contribution is 6.09. The van der Waals surface area contributed by atoms with Crippen LogP contribution in [0.25, 0.3) is 21.5 Å². The van der Waals surface area contributed by atoms with Gasteiger partial charge in [0.25, 0.3) is 0 Å². The van der Waals surface area contributed by atoms with E-state index < -0.39 is 0 Å². The fourth-order valence-electron chi connectivity index (χ4n) is 4.51. The summed E-state index contributed by atoms with van der Waals surface area (Å²) >= 11 is 0. The highest BCUT2D eigenvalue weighted by Gasteiger charge is 2.28. The van der Waals surface area contributed by atoms with Crippen molar-refractivity contribution in [1.29, 1.82) is 0 Å². The van der Waals surface area contributed by atoms with Crippen molar-refractivity contribution in [1.82, 2.24) is 0 Å². The van der Waals surface area contributed by atoms with Crippen molar-refractivity contribution in [3.05, 3.63) is 95.6 Å². The summed E-state index contributed by atoms with van der Waals surface area (Å²) in [4.78, 5) is 0. The molecule has 122 valence electrons. The number of fused-ring (bicyclic) bond motifs is 5. The monoisotopic (exact) mass is 323 g/mol. The Hall–Kier alpha value is -2.64. The molecule has 0 aliphatic heterocycles. The Labute approximate surface area is 148 Å². The van der Waals surface area contributed by atoms with E-state index in [1.165, 1.54) is 38.2 Å². The smallest absolute Gasteiger partial charge is 0.0298 e. The summed E-state index contributed by atoms with van der Waals surface area (Å²) in [7, 11) is 0. The van der Waals surface area contributed by atoms with Crippen LogP contribution in [-0.2, 0) is 0 Å². The van der Waals surface area contributed by atoms with Gasteiger partial charge in [0, 0.05) is 12.0 Å². The predicted molar refractivity (Wildman–Crippen MR) is 106 cm³/mol. The molecule has 0 radical (unpaired) electrons. The van der Waals surface area contributed by atoms with Gasteiger partial charge >= 0.3 is 0 Å². The first-order chi connectivity index (χ1) is 12.3. The van der Waals surface area contributed by atoms with E-state index in [0.29, 0.717) is 5.92 Å². The first kappa shape index (κ1) is 14.7. The molecule has 0 saturated heterocycles. The molecule has 0 heterocycles. The summed E-state index contributed by atoms with van der Waals surface area (Å²) in [6, 6.07) is 28.8. The van der Waals surface area contributed by atoms with Crippen molar-refractivity contribution in [3.63, 3.8) is 0 Å². The molecule has 0 spiro atoms. The fourth-order valence-corrected chi connectivity index (χ4v) is 4.51. The standard InChI is InChI=1S/C24H21N/c25-23-15-14-19(16-6-2-1-3-7-16)24-21-11-10-17-8-4-5-9-18(17)20(21)12-13-22(23)24/h1-13,19,23H,14-15,25H2. The molecule has 0 amide bonds. The number of nitrogens with two attached hydrogens (primary N) is 1. The third kappa shape index (κ3) is 2.27. The molecule has 1 nitrogen and oxygen atoms in total. The summed E-state index contributed by atoms with van der Waals surface area (Å²) in [5.74, 6) is 0.431. The van der Waals surface area contributed by atoms with Gasteiger partial charge in [-0.1, -0.05) is 78.9 Å². The molecule has 1 aliphatic carbocycles. The highest BCUT2D eigenvalue weighted by Crippen LogP contribution is 2.44. The molecule has 0 bridgehead atoms. The van der Waals surface area contributed by atoms with Crippen LogP contribution in [0, 0.1) is 0 Å². The van der Waals surface area contributed by atoms with Crippen LogP contribution in [0.15, 0.2) is 78.9 Å². The van der Waals surface area contributed by atoms with Gasteiger partial charge < -0.3 is 5.73 Å². The summed E-state index contributed by atoms with van der Waals surface area (Å²) in [6.45, 7) is 0. The normalized spacial score (nSPS) is 19.9. The second-order valence-corrected chi connectivity index (χ2v) is 7.10. The van der Waals surface area contributed by atoms with E-state index in [0.717, 1.165) is 12.8 Å². The summed E-state index contributed by atoms with van der Waals surface area (Å²) in [5, 5.41) is 5.33. The van der Waals surface area contributed by atoms with Gasteiger partial charge in [0.15, 0.2) is 0 Å². The lowest BCUT2D eigenvalue weighted by molar-refractivity contribution is 0.533. The van der Waals surface area contributed by atoms with Crippen LogP contribution in [0.4, 0.5) is 0 Å². The molecule has 0 aromatic heterocycles. The Morgan fingerprint density at radius 2 is 1.40 bits per heavy atom. The van der Waals surface area contributed by atoms with E-state index in [4.69, 9.17) is 5.73 Å². The van der Waals surface area contributed by atoms with Crippen molar-refractivity contribution in [2.75, 3.05) is 0 Å². The highest BCUT2D eigenvalue weighted by atomic mass is 14.6. The van der Waals surface area contributed by atoms with Gasteiger partial charge in [0.05, 0.1) is 0 Å². The fraction of sp³-hybridized carbons (Fsp3) is 0.167. The maximum Gasteiger partial charge on any atom is 0.0298 e. The quantitative estimate of drug-likeness (QED) is 0.432. The molecule has 2 atom stereocenters. The van der Waals surface area contributed by atoms with Crippen molar-refractivity contribution in [2.24, 2.45) is 5.73 Å². The van der Waals surface area contributed by atoms with Gasteiger partial charge in [-0.2, -0.15) is 0 Å². The topological polar surface area (TPSA) is 26.0 Å². The SMILES string of the molecule is NC1CCC(c2ccccc2)c2c1ccc1c2ccc2ccccc21. The van der Waals surface area contributed by atoms with Crippen LogP contribution in [0.3, 0.4) is 0 Å². The molecule has 4 aromatic rings. The minimum Gasteiger partial charge on any atom is -0.324 e. The third-order valence-corrected chi connectivity index (χ3v) is 5.72. The molecule has 25 heavy (non-hydrogen) atoms. The van der Waals surface area contributed by atoms with Gasteiger partial charge in [-0.15, -0.1) is 0 Å². The van der Waals surface area contributed by atoms with Gasteiger partial charge in [-0.25, -0.2) is 0 Å². The Balaban J connectivity index is 1.85. The van der Waals surface area contributed by atoms with E-state index in [2.05, 4.69) is 78.9 Å². The maximum atomic E-state index is 6.49. The minimum atomic E-state index is 0.144. The van der Waals surface area contributed by atoms with E-state index >= 15 is 0 Å². The first-order valence-corrected chi connectivity index (χ1v) is 9.08. The Morgan fingerprint density at radius 3 is 2.28 bits per heavy atom. The molecule has 4 aromatic carbocycles. The second kappa shape index (κ2) is 5.72. The number of rotatable bonds is 1. The zero-order chi connectivity index (χ0) is 16.8. The van der Waals surface area contributed by atoms with Crippen molar-refractivity contribution >= 4 is 21.5 Å². The molecule has 1 heteroatoms. The lowest BCUT2D eigenvalue weighted by Gasteiger charge is -2.31. The average molecular weight is 323 g/mol. The van der Waals surface area contributed by atoms with E-state index in [1.54, 1.807) is 0 Å². The number of hydrogen-bond acceptors (Lipinski definition) is 1. The van der Waals surface area contributed by atoms with Gasteiger partial charge in [-0.3, -0.25) is 0 Å². The van der Waals surface area contributed by atoms with Crippen LogP contribution in [-0.4, -0.2) is 0 Å². The Kier molecular flexibility index (Phi) is 3.36. The summed E-state index contributed by atoms with van der Waals surface area (Å²) < 4.78 is 0. The van der Waals surface area contributed by atoms with Crippen molar-refractivity contribution < 1.29 is 0 Å². The van der Waals surface area contributed by atoms with E-state index in [-0.39, 0.29) is 6.04 Å². The van der Waals surface area contributed by atoms with Crippen LogP contribution in [0.1, 0.15) is 41.5 Å². The molecule has 2 unspecified atom stereocenters. The predicted octanol–water partition coefficient (Wildman–Crippen LogP) is 5.92. The van der Waals surface area contributed by atoms with Gasteiger partial charge in [0.1, 0.15) is 0 Å². The number of benzene rings is 4. The zero-order valence-corrected chi connectivity index (χ0v) is 14.2. The molecular formula is C24H21N. The van der Waals surface area contributed by atoms with Crippen LogP contribution < -0.4 is 5.73 Å². The summed E-state index contributed by atoms with van der Waals surface area (Å²) in [5.41, 5.74) is 10.6. The van der Waals surface area contributed by atoms with Crippen LogP contribution in [0.5, 0.6) is 0 Å². The first-order valence-electron chi connectivity index (χ1n) is 9.08. The average Bonchev–Trinajstić information content (AvgIpc) is 2.68. The van der Waals surface area contributed by atoms with Crippen LogP contribution >= 0.6 is 0 Å². The van der Waals surface area contributed by atoms with E-state index in [1.807, 2.05) is 0 Å². The maximum absolute atomic E-state index is 6.49. The molecular weight excluding hydrogens is 302 g/mol. The molecule has 0 fully saturated rings. The lowest BCUT2D eigenvalue weighted by atomic mass is 9.74. The molecule has 1 aliphatic rings. The largest absolute Gasteiger partial charge is 0.324 e. The minimum absolute atomic E-state index is 0.144. The zero-order valence-electron chi connectivity index (χ0n) is 14.2. The lowest BCUT2D eigenvalue weighted by Crippen LogP contribution is -2.21. The summed E-state index contributed by atoms with van der Waals surface area (Å²) in [6.07, 6.45) is 2.16. The second-order valence-electron chi connectivity index (χ2n) is 7.10. The van der Waals surface area contributed by atoms with Gasteiger partial charge in [-0.05, 0) is 51.1 Å². The molecule has 5 rings (SSSR count). The van der Waals surface area contributed by atoms with Crippen LogP contribution in [0.2, 0.25) is 0 Å². The Morgan fingerprint density at radius 1 is 0.640 bits per heavy atom. The molecule has 0 saturated carbocycles. The number of hydrogen-bond donors (Lipinski definition) is 1. The van der Waals surface area contributed by atoms with E-state index in [9.17, 15) is 0 Å². The third-order valence-electron chi connectivity index (χ3n) is 5.72. The van der Waals surface area contributed by atoms with Gasteiger partial charge in [0.2, 0.25) is 0 Å². The van der Waals surface area contributed by atoms with Crippen molar-refractivity contribution in [2.45, 2.75) is 24.8 Å².